The number of hydrogen-bond acceptors (Lipinski definition) is 3. The first-order valence-electron chi connectivity index (χ1n) is 4.61. The van der Waals surface area contributed by atoms with Gasteiger partial charge in [0.15, 0.2) is 0 Å². The molecule has 14 heavy (non-hydrogen) atoms. The Morgan fingerprint density at radius 3 is 2.57 bits per heavy atom. The molecule has 0 bridgehead atoms. The number of aliphatic imine (C=N–C) groups is 1. The maximum absolute atomic E-state index is 5.49. The van der Waals surface area contributed by atoms with Gasteiger partial charge in [0.05, 0.1) is 5.54 Å². The van der Waals surface area contributed by atoms with Gasteiger partial charge in [0.25, 0.3) is 5.23 Å². The first-order chi connectivity index (χ1) is 6.66. The van der Waals surface area contributed by atoms with Crippen LogP contribution in [0, 0.1) is 0 Å². The summed E-state index contributed by atoms with van der Waals surface area (Å²) in [4.78, 5) is 5.64. The van der Waals surface area contributed by atoms with Crippen molar-refractivity contribution < 1.29 is 4.74 Å². The van der Waals surface area contributed by atoms with Crippen LogP contribution < -0.4 is 0 Å². The first-order valence-corrected chi connectivity index (χ1v) is 5.43. The highest BCUT2D eigenvalue weighted by Gasteiger charge is 2.26. The summed E-state index contributed by atoms with van der Waals surface area (Å²) in [6, 6.07) is 10.2. The Balaban J connectivity index is 2.07. The second-order valence-corrected chi connectivity index (χ2v) is 4.92. The molecule has 0 saturated carbocycles. The van der Waals surface area contributed by atoms with E-state index in [1.54, 1.807) is 11.8 Å². The van der Waals surface area contributed by atoms with Crippen LogP contribution in [-0.2, 0) is 4.74 Å². The SMILES string of the molecule is CC1(C)COC(Sc2ccccc2)=N1. The van der Waals surface area contributed by atoms with Crippen molar-refractivity contribution in [2.45, 2.75) is 24.3 Å². The fourth-order valence-electron chi connectivity index (χ4n) is 1.19. The van der Waals surface area contributed by atoms with Crippen molar-refractivity contribution in [1.29, 1.82) is 0 Å². The third-order valence-corrected chi connectivity index (χ3v) is 2.78. The lowest BCUT2D eigenvalue weighted by atomic mass is 10.1. The Labute approximate surface area is 88.4 Å². The van der Waals surface area contributed by atoms with Gasteiger partial charge in [-0.25, -0.2) is 4.99 Å². The molecule has 0 aliphatic carbocycles. The summed E-state index contributed by atoms with van der Waals surface area (Å²) in [7, 11) is 0. The molecule has 0 aromatic heterocycles. The molecular formula is C11H13NOS. The zero-order chi connectivity index (χ0) is 10.0. The Morgan fingerprint density at radius 2 is 2.00 bits per heavy atom. The lowest BCUT2D eigenvalue weighted by Gasteiger charge is -2.07. The predicted octanol–water partition coefficient (Wildman–Crippen LogP) is 2.94. The predicted molar refractivity (Wildman–Crippen MR) is 59.8 cm³/mol. The molecule has 0 atom stereocenters. The van der Waals surface area contributed by atoms with E-state index in [9.17, 15) is 0 Å². The van der Waals surface area contributed by atoms with Crippen LogP contribution in [0.2, 0.25) is 0 Å². The highest BCUT2D eigenvalue weighted by Crippen LogP contribution is 2.27. The van der Waals surface area contributed by atoms with Gasteiger partial charge in [-0.05, 0) is 37.7 Å². The molecular weight excluding hydrogens is 194 g/mol. The van der Waals surface area contributed by atoms with E-state index in [1.807, 2.05) is 18.2 Å². The van der Waals surface area contributed by atoms with Crippen molar-refractivity contribution in [3.05, 3.63) is 30.3 Å². The lowest BCUT2D eigenvalue weighted by molar-refractivity contribution is 0.284. The monoisotopic (exact) mass is 207 g/mol. The molecule has 0 unspecified atom stereocenters. The average Bonchev–Trinajstić information content (AvgIpc) is 2.47. The van der Waals surface area contributed by atoms with E-state index in [4.69, 9.17) is 4.74 Å². The van der Waals surface area contributed by atoms with Crippen molar-refractivity contribution >= 4 is 17.0 Å². The molecule has 1 aromatic carbocycles. The smallest absolute Gasteiger partial charge is 0.251 e. The van der Waals surface area contributed by atoms with E-state index >= 15 is 0 Å². The maximum atomic E-state index is 5.49. The van der Waals surface area contributed by atoms with Gasteiger partial charge in [0, 0.05) is 4.90 Å². The van der Waals surface area contributed by atoms with Crippen LogP contribution in [0.25, 0.3) is 0 Å². The summed E-state index contributed by atoms with van der Waals surface area (Å²) >= 11 is 1.58. The fraction of sp³-hybridized carbons (Fsp3) is 0.364. The summed E-state index contributed by atoms with van der Waals surface area (Å²) in [5, 5.41) is 0.779. The molecule has 1 heterocycles. The van der Waals surface area contributed by atoms with Crippen LogP contribution in [-0.4, -0.2) is 17.4 Å². The molecule has 2 nitrogen and oxygen atoms in total. The Morgan fingerprint density at radius 1 is 1.29 bits per heavy atom. The molecule has 0 amide bonds. The summed E-state index contributed by atoms with van der Waals surface area (Å²) in [6.45, 7) is 4.83. The normalized spacial score (nSPS) is 18.9. The van der Waals surface area contributed by atoms with Crippen LogP contribution in [0.3, 0.4) is 0 Å². The van der Waals surface area contributed by atoms with Crippen LogP contribution in [0.4, 0.5) is 0 Å². The molecule has 1 aliphatic heterocycles. The third kappa shape index (κ3) is 2.29. The topological polar surface area (TPSA) is 21.6 Å². The van der Waals surface area contributed by atoms with E-state index in [0.717, 1.165) is 5.23 Å². The van der Waals surface area contributed by atoms with Gasteiger partial charge in [-0.3, -0.25) is 0 Å². The Kier molecular flexibility index (Phi) is 2.50. The molecule has 0 fully saturated rings. The van der Waals surface area contributed by atoms with E-state index in [2.05, 4.69) is 31.0 Å². The minimum atomic E-state index is -0.0584. The number of benzene rings is 1. The number of rotatable bonds is 1. The minimum Gasteiger partial charge on any atom is -0.470 e. The molecule has 2 rings (SSSR count). The first kappa shape index (κ1) is 9.59. The van der Waals surface area contributed by atoms with Crippen molar-refractivity contribution in [1.82, 2.24) is 0 Å². The average molecular weight is 207 g/mol. The molecule has 74 valence electrons. The maximum Gasteiger partial charge on any atom is 0.251 e. The minimum absolute atomic E-state index is 0.0584. The fourth-order valence-corrected chi connectivity index (χ4v) is 2.10. The van der Waals surface area contributed by atoms with E-state index < -0.39 is 0 Å². The zero-order valence-corrected chi connectivity index (χ0v) is 9.17. The van der Waals surface area contributed by atoms with Gasteiger partial charge >= 0.3 is 0 Å². The molecule has 3 heteroatoms. The summed E-state index contributed by atoms with van der Waals surface area (Å²) < 4.78 is 5.49. The largest absolute Gasteiger partial charge is 0.470 e. The van der Waals surface area contributed by atoms with Gasteiger partial charge in [0.2, 0.25) is 0 Å². The molecule has 0 radical (unpaired) electrons. The Bertz CT molecular complexity index is 346. The van der Waals surface area contributed by atoms with Crippen molar-refractivity contribution in [2.24, 2.45) is 4.99 Å². The second-order valence-electron chi connectivity index (χ2n) is 3.89. The molecule has 1 aliphatic rings. The number of nitrogens with zero attached hydrogens (tertiary/aromatic N) is 1. The quantitative estimate of drug-likeness (QED) is 0.706. The van der Waals surface area contributed by atoms with Crippen LogP contribution in [0.15, 0.2) is 40.2 Å². The third-order valence-electron chi connectivity index (χ3n) is 1.89. The number of hydrogen-bond donors (Lipinski definition) is 0. The van der Waals surface area contributed by atoms with Crippen molar-refractivity contribution in [3.8, 4) is 0 Å². The molecule has 0 saturated heterocycles. The van der Waals surface area contributed by atoms with E-state index in [1.165, 1.54) is 4.90 Å². The summed E-state index contributed by atoms with van der Waals surface area (Å²) in [5.74, 6) is 0. The number of thioether (sulfide) groups is 1. The molecule has 0 spiro atoms. The second kappa shape index (κ2) is 3.65. The van der Waals surface area contributed by atoms with Crippen LogP contribution in [0.1, 0.15) is 13.8 Å². The van der Waals surface area contributed by atoms with E-state index in [0.29, 0.717) is 6.61 Å². The highest BCUT2D eigenvalue weighted by molar-refractivity contribution is 8.13. The standard InChI is InChI=1S/C11H13NOS/c1-11(2)8-13-10(12-11)14-9-6-4-3-5-7-9/h3-7H,8H2,1-2H3. The van der Waals surface area contributed by atoms with Gasteiger partial charge in [-0.2, -0.15) is 0 Å². The Hall–Kier alpha value is -0.960. The van der Waals surface area contributed by atoms with Crippen molar-refractivity contribution in [2.75, 3.05) is 6.61 Å². The zero-order valence-electron chi connectivity index (χ0n) is 8.36. The number of ether oxygens (including phenoxy) is 1. The van der Waals surface area contributed by atoms with Gasteiger partial charge < -0.3 is 4.74 Å². The van der Waals surface area contributed by atoms with Crippen LogP contribution >= 0.6 is 11.8 Å². The molecule has 1 aromatic rings. The van der Waals surface area contributed by atoms with Gasteiger partial charge in [0.1, 0.15) is 6.61 Å². The van der Waals surface area contributed by atoms with Gasteiger partial charge in [-0.15, -0.1) is 0 Å². The van der Waals surface area contributed by atoms with Crippen LogP contribution in [0.5, 0.6) is 0 Å². The van der Waals surface area contributed by atoms with E-state index in [-0.39, 0.29) is 5.54 Å². The lowest BCUT2D eigenvalue weighted by Crippen LogP contribution is -2.17. The summed E-state index contributed by atoms with van der Waals surface area (Å²) in [6.07, 6.45) is 0. The van der Waals surface area contributed by atoms with Crippen molar-refractivity contribution in [3.63, 3.8) is 0 Å². The highest BCUT2D eigenvalue weighted by atomic mass is 32.2. The molecule has 0 N–H and O–H groups in total. The van der Waals surface area contributed by atoms with Gasteiger partial charge in [-0.1, -0.05) is 18.2 Å². The summed E-state index contributed by atoms with van der Waals surface area (Å²) in [5.41, 5.74) is -0.0584.